The third kappa shape index (κ3) is 3.50. The van der Waals surface area contributed by atoms with Gasteiger partial charge in [-0.3, -0.25) is 4.79 Å². The molecule has 0 spiro atoms. The minimum Gasteiger partial charge on any atom is -0.501 e. The molecule has 2 fully saturated rings. The van der Waals surface area contributed by atoms with Crippen molar-refractivity contribution < 1.29 is 9.53 Å². The van der Waals surface area contributed by atoms with Gasteiger partial charge in [0.15, 0.2) is 0 Å². The predicted octanol–water partition coefficient (Wildman–Crippen LogP) is 4.67. The summed E-state index contributed by atoms with van der Waals surface area (Å²) in [7, 11) is 1.72. The van der Waals surface area contributed by atoms with Crippen LogP contribution in [0.25, 0.3) is 10.9 Å². The van der Waals surface area contributed by atoms with Crippen LogP contribution in [0.3, 0.4) is 0 Å². The topological polar surface area (TPSA) is 45.3 Å². The molecule has 2 aliphatic rings. The number of ether oxygens (including phenoxy) is 1. The number of nitrogens with one attached hydrogen (secondary N) is 1. The Morgan fingerprint density at radius 1 is 1.26 bits per heavy atom. The van der Waals surface area contributed by atoms with E-state index >= 15 is 0 Å². The molecule has 1 saturated carbocycles. The van der Waals surface area contributed by atoms with Gasteiger partial charge in [0, 0.05) is 42.0 Å². The Hall–Kier alpha value is -2.23. The smallest absolute Gasteiger partial charge is 0.223 e. The summed E-state index contributed by atoms with van der Waals surface area (Å²) in [5.74, 6) is 2.12. The number of para-hydroxylation sites is 1. The Balaban J connectivity index is 1.44. The number of aromatic nitrogens is 1. The number of hydrogen-bond acceptors (Lipinski definition) is 2. The third-order valence-electron chi connectivity index (χ3n) is 6.66. The zero-order valence-electron chi connectivity index (χ0n) is 16.2. The minimum absolute atomic E-state index is 0.304. The lowest BCUT2D eigenvalue weighted by Gasteiger charge is -2.48. The fourth-order valence-electron chi connectivity index (χ4n) is 5.24. The Bertz CT molecular complexity index is 825. The third-order valence-corrected chi connectivity index (χ3v) is 6.66. The van der Waals surface area contributed by atoms with E-state index in [4.69, 9.17) is 4.74 Å². The molecule has 0 radical (unpaired) electrons. The van der Waals surface area contributed by atoms with Gasteiger partial charge < -0.3 is 14.6 Å². The van der Waals surface area contributed by atoms with Crippen LogP contribution < -0.4 is 0 Å². The first kappa shape index (κ1) is 18.1. The molecule has 0 bridgehead atoms. The van der Waals surface area contributed by atoms with Crippen LogP contribution in [0.2, 0.25) is 0 Å². The van der Waals surface area contributed by atoms with Crippen LogP contribution >= 0.6 is 0 Å². The Morgan fingerprint density at radius 2 is 2.07 bits per heavy atom. The summed E-state index contributed by atoms with van der Waals surface area (Å²) >= 11 is 0. The van der Waals surface area contributed by atoms with Gasteiger partial charge in [-0.25, -0.2) is 0 Å². The van der Waals surface area contributed by atoms with Crippen molar-refractivity contribution in [2.24, 2.45) is 11.8 Å². The second-order valence-electron chi connectivity index (χ2n) is 8.03. The summed E-state index contributed by atoms with van der Waals surface area (Å²) < 4.78 is 5.47. The standard InChI is InChI=1S/C23H30N2O2/c1-16(27-2)18-13-14-25(22-10-6-4-8-20(18)22)23(26)12-11-17-15-24-21-9-5-3-7-19(17)21/h3,5,7,9,15,18,20,22,24H,1,4,6,8,10-14H2,2H3. The van der Waals surface area contributed by atoms with Crippen LogP contribution in [0.5, 0.6) is 0 Å². The molecule has 3 atom stereocenters. The highest BCUT2D eigenvalue weighted by Crippen LogP contribution is 2.42. The van der Waals surface area contributed by atoms with Crippen LogP contribution in [0.15, 0.2) is 42.8 Å². The summed E-state index contributed by atoms with van der Waals surface area (Å²) in [5, 5.41) is 1.23. The molecule has 1 saturated heterocycles. The van der Waals surface area contributed by atoms with Gasteiger partial charge in [0.2, 0.25) is 5.91 Å². The number of allylic oxidation sites excluding steroid dienone is 1. The van der Waals surface area contributed by atoms with Crippen molar-refractivity contribution in [2.75, 3.05) is 13.7 Å². The maximum atomic E-state index is 13.1. The second-order valence-corrected chi connectivity index (χ2v) is 8.03. The number of nitrogens with zero attached hydrogens (tertiary/aromatic N) is 1. The van der Waals surface area contributed by atoms with E-state index in [-0.39, 0.29) is 0 Å². The lowest BCUT2D eigenvalue weighted by Crippen LogP contribution is -2.53. The average Bonchev–Trinajstić information content (AvgIpc) is 3.13. The van der Waals surface area contributed by atoms with Crippen molar-refractivity contribution in [1.29, 1.82) is 0 Å². The van der Waals surface area contributed by atoms with Crippen LogP contribution in [0.1, 0.15) is 44.1 Å². The summed E-state index contributed by atoms with van der Waals surface area (Å²) in [4.78, 5) is 18.6. The maximum Gasteiger partial charge on any atom is 0.223 e. The number of likely N-dealkylation sites (tertiary alicyclic amines) is 1. The highest BCUT2D eigenvalue weighted by molar-refractivity contribution is 5.84. The molecule has 1 N–H and O–H groups in total. The fourth-order valence-corrected chi connectivity index (χ4v) is 5.24. The van der Waals surface area contributed by atoms with Crippen LogP contribution in [0.4, 0.5) is 0 Å². The van der Waals surface area contributed by atoms with Gasteiger partial charge in [0.05, 0.1) is 12.9 Å². The molecule has 2 aromatic rings. The van der Waals surface area contributed by atoms with E-state index in [9.17, 15) is 4.79 Å². The fraction of sp³-hybridized carbons (Fsp3) is 0.522. The molecular formula is C23H30N2O2. The van der Waals surface area contributed by atoms with Gasteiger partial charge in [-0.05, 0) is 43.2 Å². The number of H-pyrrole nitrogens is 1. The first-order chi connectivity index (χ1) is 13.2. The van der Waals surface area contributed by atoms with E-state index in [0.717, 1.165) is 37.1 Å². The Kier molecular flexibility index (Phi) is 5.24. The molecule has 1 aromatic heterocycles. The van der Waals surface area contributed by atoms with E-state index in [2.05, 4.69) is 40.9 Å². The van der Waals surface area contributed by atoms with Crippen molar-refractivity contribution in [2.45, 2.75) is 51.0 Å². The highest BCUT2D eigenvalue weighted by atomic mass is 16.5. The number of carbonyl (C=O) groups is 1. The quantitative estimate of drug-likeness (QED) is 0.782. The number of aromatic amines is 1. The number of rotatable bonds is 5. The molecule has 1 aromatic carbocycles. The molecule has 2 heterocycles. The number of benzene rings is 1. The van der Waals surface area contributed by atoms with Crippen LogP contribution in [0, 0.1) is 11.8 Å². The molecule has 1 amide bonds. The maximum absolute atomic E-state index is 13.1. The largest absolute Gasteiger partial charge is 0.501 e. The predicted molar refractivity (Wildman–Crippen MR) is 108 cm³/mol. The van der Waals surface area contributed by atoms with Crippen LogP contribution in [-0.2, 0) is 16.0 Å². The summed E-state index contributed by atoms with van der Waals surface area (Å²) in [5.41, 5.74) is 2.38. The zero-order valence-corrected chi connectivity index (χ0v) is 16.2. The van der Waals surface area contributed by atoms with E-state index in [0.29, 0.717) is 30.2 Å². The summed E-state index contributed by atoms with van der Waals surface area (Å²) in [6.07, 6.45) is 9.20. The average molecular weight is 367 g/mol. The number of aryl methyl sites for hydroxylation is 1. The van der Waals surface area contributed by atoms with Crippen molar-refractivity contribution in [3.05, 3.63) is 48.4 Å². The second kappa shape index (κ2) is 7.79. The monoisotopic (exact) mass is 366 g/mol. The molecule has 1 aliphatic carbocycles. The first-order valence-corrected chi connectivity index (χ1v) is 10.3. The van der Waals surface area contributed by atoms with Crippen molar-refractivity contribution in [3.8, 4) is 0 Å². The number of fused-ring (bicyclic) bond motifs is 2. The number of carbonyl (C=O) groups excluding carboxylic acids is 1. The van der Waals surface area contributed by atoms with Gasteiger partial charge in [-0.2, -0.15) is 0 Å². The number of amides is 1. The SMILES string of the molecule is C=C(OC)C1CCN(C(=O)CCc2c[nH]c3ccccc23)C2CCCCC12. The Labute approximate surface area is 161 Å². The molecule has 144 valence electrons. The summed E-state index contributed by atoms with van der Waals surface area (Å²) in [6.45, 7) is 4.96. The molecule has 4 rings (SSSR count). The summed E-state index contributed by atoms with van der Waals surface area (Å²) in [6, 6.07) is 8.67. The molecule has 1 aliphatic heterocycles. The minimum atomic E-state index is 0.304. The zero-order chi connectivity index (χ0) is 18.8. The van der Waals surface area contributed by atoms with Crippen molar-refractivity contribution >= 4 is 16.8 Å². The van der Waals surface area contributed by atoms with Crippen molar-refractivity contribution in [3.63, 3.8) is 0 Å². The normalized spacial score (nSPS) is 25.2. The lowest BCUT2D eigenvalue weighted by molar-refractivity contribution is -0.139. The molecule has 4 heteroatoms. The molecular weight excluding hydrogens is 336 g/mol. The number of piperidine rings is 1. The first-order valence-electron chi connectivity index (χ1n) is 10.3. The van der Waals surface area contributed by atoms with Crippen molar-refractivity contribution in [1.82, 2.24) is 9.88 Å². The number of methoxy groups -OCH3 is 1. The molecule has 4 nitrogen and oxygen atoms in total. The van der Waals surface area contributed by atoms with E-state index in [1.165, 1.54) is 30.2 Å². The number of hydrogen-bond donors (Lipinski definition) is 1. The van der Waals surface area contributed by atoms with Gasteiger partial charge in [-0.1, -0.05) is 37.6 Å². The lowest BCUT2D eigenvalue weighted by atomic mass is 9.71. The van der Waals surface area contributed by atoms with Gasteiger partial charge in [0.25, 0.3) is 0 Å². The highest BCUT2D eigenvalue weighted by Gasteiger charge is 2.42. The Morgan fingerprint density at radius 3 is 2.93 bits per heavy atom. The van der Waals surface area contributed by atoms with E-state index in [1.807, 2.05) is 6.07 Å². The van der Waals surface area contributed by atoms with Crippen LogP contribution in [-0.4, -0.2) is 35.5 Å². The molecule has 3 unspecified atom stereocenters. The molecule has 27 heavy (non-hydrogen) atoms. The van der Waals surface area contributed by atoms with Gasteiger partial charge in [-0.15, -0.1) is 0 Å². The van der Waals surface area contributed by atoms with E-state index < -0.39 is 0 Å². The van der Waals surface area contributed by atoms with E-state index in [1.54, 1.807) is 7.11 Å². The van der Waals surface area contributed by atoms with Gasteiger partial charge in [0.1, 0.15) is 0 Å². The van der Waals surface area contributed by atoms with Gasteiger partial charge >= 0.3 is 0 Å².